The smallest absolute Gasteiger partial charge is 0.222 e. The number of carbonyl (C=O) groups excluding carboxylic acids is 1. The van der Waals surface area contributed by atoms with E-state index in [0.29, 0.717) is 6.42 Å². The number of hydrogen-bond donors (Lipinski definition) is 2. The monoisotopic (exact) mass is 256 g/mol. The Hall–Kier alpha value is -0.610. The maximum atomic E-state index is 12.3. The van der Waals surface area contributed by atoms with E-state index in [1.807, 2.05) is 0 Å². The minimum Gasteiger partial charge on any atom is -0.396 e. The van der Waals surface area contributed by atoms with Crippen LogP contribution in [0.15, 0.2) is 0 Å². The van der Waals surface area contributed by atoms with Gasteiger partial charge >= 0.3 is 0 Å². The number of piperazine rings is 1. The molecule has 0 saturated carbocycles. The summed E-state index contributed by atoms with van der Waals surface area (Å²) in [6, 6.07) is 0.289. The quantitative estimate of drug-likeness (QED) is 0.731. The molecular weight excluding hydrogens is 228 g/mol. The lowest BCUT2D eigenvalue weighted by Gasteiger charge is -2.43. The van der Waals surface area contributed by atoms with Crippen molar-refractivity contribution in [3.8, 4) is 0 Å². The lowest BCUT2D eigenvalue weighted by atomic mass is 9.84. The first-order chi connectivity index (χ1) is 8.46. The van der Waals surface area contributed by atoms with Crippen LogP contribution in [0.1, 0.15) is 46.5 Å². The molecule has 4 heteroatoms. The molecule has 0 aromatic heterocycles. The first-order valence-corrected chi connectivity index (χ1v) is 7.08. The second-order valence-corrected chi connectivity index (χ2v) is 6.21. The minimum atomic E-state index is 0.119. The van der Waals surface area contributed by atoms with E-state index in [-0.39, 0.29) is 24.0 Å². The van der Waals surface area contributed by atoms with Crippen molar-refractivity contribution in [2.75, 3.05) is 26.2 Å². The zero-order valence-electron chi connectivity index (χ0n) is 12.0. The highest BCUT2D eigenvalue weighted by Gasteiger charge is 2.34. The van der Waals surface area contributed by atoms with Crippen LogP contribution in [0.5, 0.6) is 0 Å². The molecule has 1 rings (SSSR count). The van der Waals surface area contributed by atoms with Gasteiger partial charge in [0.1, 0.15) is 0 Å². The van der Waals surface area contributed by atoms with Gasteiger partial charge in [-0.15, -0.1) is 0 Å². The molecule has 0 aromatic rings. The lowest BCUT2D eigenvalue weighted by Crippen LogP contribution is -2.58. The zero-order chi connectivity index (χ0) is 13.6. The Morgan fingerprint density at radius 1 is 1.33 bits per heavy atom. The van der Waals surface area contributed by atoms with Gasteiger partial charge in [0, 0.05) is 38.7 Å². The molecule has 1 aliphatic heterocycles. The van der Waals surface area contributed by atoms with Crippen LogP contribution in [-0.4, -0.2) is 48.2 Å². The van der Waals surface area contributed by atoms with Crippen LogP contribution in [0.3, 0.4) is 0 Å². The maximum Gasteiger partial charge on any atom is 0.222 e. The van der Waals surface area contributed by atoms with E-state index < -0.39 is 0 Å². The third-order valence-electron chi connectivity index (χ3n) is 3.61. The van der Waals surface area contributed by atoms with Crippen LogP contribution in [0.25, 0.3) is 0 Å². The molecule has 1 aliphatic rings. The predicted octanol–water partition coefficient (Wildman–Crippen LogP) is 1.39. The molecule has 1 atom stereocenters. The molecule has 1 amide bonds. The molecule has 1 unspecified atom stereocenters. The van der Waals surface area contributed by atoms with Crippen molar-refractivity contribution in [3.05, 3.63) is 0 Å². The van der Waals surface area contributed by atoms with Crippen LogP contribution in [0.4, 0.5) is 0 Å². The van der Waals surface area contributed by atoms with Crippen LogP contribution < -0.4 is 5.32 Å². The van der Waals surface area contributed by atoms with Crippen LogP contribution in [0, 0.1) is 5.41 Å². The molecule has 4 nitrogen and oxygen atoms in total. The average Bonchev–Trinajstić information content (AvgIpc) is 2.33. The summed E-state index contributed by atoms with van der Waals surface area (Å²) < 4.78 is 0. The zero-order valence-corrected chi connectivity index (χ0v) is 12.0. The van der Waals surface area contributed by atoms with E-state index in [0.717, 1.165) is 38.9 Å². The van der Waals surface area contributed by atoms with Gasteiger partial charge in [-0.25, -0.2) is 0 Å². The Bertz CT molecular complexity index is 261. The van der Waals surface area contributed by atoms with Crippen molar-refractivity contribution in [1.82, 2.24) is 10.2 Å². The summed E-state index contributed by atoms with van der Waals surface area (Å²) in [5.74, 6) is 0.273. The molecule has 0 aromatic carbocycles. The van der Waals surface area contributed by atoms with Gasteiger partial charge in [-0.3, -0.25) is 4.79 Å². The number of nitrogens with zero attached hydrogens (tertiary/aromatic N) is 1. The third-order valence-corrected chi connectivity index (χ3v) is 3.61. The summed E-state index contributed by atoms with van der Waals surface area (Å²) in [6.45, 7) is 9.41. The van der Waals surface area contributed by atoms with Crippen LogP contribution in [0.2, 0.25) is 0 Å². The van der Waals surface area contributed by atoms with E-state index in [9.17, 15) is 4.79 Å². The molecule has 2 N–H and O–H groups in total. The van der Waals surface area contributed by atoms with Crippen molar-refractivity contribution < 1.29 is 9.90 Å². The average molecular weight is 256 g/mol. The highest BCUT2D eigenvalue weighted by Crippen LogP contribution is 2.26. The van der Waals surface area contributed by atoms with Gasteiger partial charge in [-0.1, -0.05) is 27.2 Å². The normalized spacial score (nSPS) is 21.1. The van der Waals surface area contributed by atoms with Gasteiger partial charge in [0.25, 0.3) is 0 Å². The van der Waals surface area contributed by atoms with E-state index >= 15 is 0 Å². The molecule has 0 bridgehead atoms. The molecule has 1 heterocycles. The maximum absolute atomic E-state index is 12.3. The number of hydrogen-bond acceptors (Lipinski definition) is 3. The second kappa shape index (κ2) is 7.10. The predicted molar refractivity (Wildman–Crippen MR) is 73.4 cm³/mol. The fraction of sp³-hybridized carbons (Fsp3) is 0.929. The van der Waals surface area contributed by atoms with Crippen LogP contribution in [-0.2, 0) is 4.79 Å². The molecule has 1 fully saturated rings. The van der Waals surface area contributed by atoms with E-state index in [1.165, 1.54) is 0 Å². The Kier molecular flexibility index (Phi) is 6.09. The van der Waals surface area contributed by atoms with Crippen molar-refractivity contribution in [2.45, 2.75) is 52.5 Å². The topological polar surface area (TPSA) is 52.6 Å². The van der Waals surface area contributed by atoms with Crippen molar-refractivity contribution >= 4 is 5.91 Å². The Labute approximate surface area is 111 Å². The highest BCUT2D eigenvalue weighted by atomic mass is 16.2. The minimum absolute atomic E-state index is 0.119. The Morgan fingerprint density at radius 3 is 2.67 bits per heavy atom. The van der Waals surface area contributed by atoms with Gasteiger partial charge in [-0.2, -0.15) is 0 Å². The van der Waals surface area contributed by atoms with Gasteiger partial charge in [0.05, 0.1) is 0 Å². The third kappa shape index (κ3) is 4.58. The van der Waals surface area contributed by atoms with Gasteiger partial charge in [0.2, 0.25) is 5.91 Å². The van der Waals surface area contributed by atoms with Gasteiger partial charge < -0.3 is 15.3 Å². The molecule has 18 heavy (non-hydrogen) atoms. The fourth-order valence-electron chi connectivity index (χ4n) is 2.48. The standard InChI is InChI=1S/C14H28N2O2/c1-14(2,3)12-11-15-8-9-16(12)13(18)7-5-4-6-10-17/h12,15,17H,4-11H2,1-3H3. The summed E-state index contributed by atoms with van der Waals surface area (Å²) in [5.41, 5.74) is 0.119. The van der Waals surface area contributed by atoms with Crippen molar-refractivity contribution in [1.29, 1.82) is 0 Å². The summed E-state index contributed by atoms with van der Waals surface area (Å²) in [6.07, 6.45) is 3.25. The van der Waals surface area contributed by atoms with E-state index in [4.69, 9.17) is 5.11 Å². The molecule has 106 valence electrons. The number of carbonyl (C=O) groups is 1. The Balaban J connectivity index is 2.47. The van der Waals surface area contributed by atoms with Crippen molar-refractivity contribution in [2.24, 2.45) is 5.41 Å². The number of rotatable bonds is 5. The highest BCUT2D eigenvalue weighted by molar-refractivity contribution is 5.76. The largest absolute Gasteiger partial charge is 0.396 e. The molecule has 0 radical (unpaired) electrons. The molecular formula is C14H28N2O2. The first-order valence-electron chi connectivity index (χ1n) is 7.08. The summed E-state index contributed by atoms with van der Waals surface area (Å²) in [5, 5.41) is 12.1. The number of aliphatic hydroxyl groups is 1. The molecule has 1 saturated heterocycles. The van der Waals surface area contributed by atoms with Gasteiger partial charge in [-0.05, 0) is 18.3 Å². The van der Waals surface area contributed by atoms with Gasteiger partial charge in [0.15, 0.2) is 0 Å². The fourth-order valence-corrected chi connectivity index (χ4v) is 2.48. The molecule has 0 aliphatic carbocycles. The molecule has 0 spiro atoms. The van der Waals surface area contributed by atoms with E-state index in [1.54, 1.807) is 0 Å². The van der Waals surface area contributed by atoms with Crippen LogP contribution >= 0.6 is 0 Å². The second-order valence-electron chi connectivity index (χ2n) is 6.21. The number of unbranched alkanes of at least 4 members (excludes halogenated alkanes) is 2. The first kappa shape index (κ1) is 15.4. The van der Waals surface area contributed by atoms with Crippen molar-refractivity contribution in [3.63, 3.8) is 0 Å². The SMILES string of the molecule is CC(C)(C)C1CNCCN1C(=O)CCCCCO. The van der Waals surface area contributed by atoms with E-state index in [2.05, 4.69) is 31.0 Å². The number of amides is 1. The lowest BCUT2D eigenvalue weighted by molar-refractivity contribution is -0.137. The summed E-state index contributed by atoms with van der Waals surface area (Å²) in [7, 11) is 0. The number of aliphatic hydroxyl groups excluding tert-OH is 1. The summed E-state index contributed by atoms with van der Waals surface area (Å²) >= 11 is 0. The Morgan fingerprint density at radius 2 is 2.06 bits per heavy atom. The number of nitrogens with one attached hydrogen (secondary N) is 1. The summed E-state index contributed by atoms with van der Waals surface area (Å²) in [4.78, 5) is 14.3.